The minimum atomic E-state index is -0.120. The van der Waals surface area contributed by atoms with Crippen LogP contribution in [0.4, 0.5) is 5.69 Å². The fourth-order valence-electron chi connectivity index (χ4n) is 3.66. The molecule has 0 aliphatic carbocycles. The van der Waals surface area contributed by atoms with E-state index >= 15 is 0 Å². The Bertz CT molecular complexity index is 1000. The number of benzene rings is 2. The summed E-state index contributed by atoms with van der Waals surface area (Å²) in [4.78, 5) is 25.8. The molecule has 2 atom stereocenters. The topological polar surface area (TPSA) is 110 Å². The Kier molecular flexibility index (Phi) is 4.97. The van der Waals surface area contributed by atoms with E-state index in [4.69, 9.17) is 10.5 Å². The summed E-state index contributed by atoms with van der Waals surface area (Å²) in [7, 11) is 2.09. The third-order valence-corrected chi connectivity index (χ3v) is 5.22. The Hall–Kier alpha value is -3.35. The Morgan fingerprint density at radius 1 is 1.29 bits per heavy atom. The van der Waals surface area contributed by atoms with Crippen LogP contribution in [0, 0.1) is 0 Å². The van der Waals surface area contributed by atoms with Gasteiger partial charge < -0.3 is 10.3 Å². The number of hydrogen-bond acceptors (Lipinski definition) is 4. The van der Waals surface area contributed by atoms with Crippen LogP contribution in [-0.4, -0.2) is 40.4 Å². The predicted molar refractivity (Wildman–Crippen MR) is 107 cm³/mol. The van der Waals surface area contributed by atoms with Gasteiger partial charge in [-0.2, -0.15) is 0 Å². The van der Waals surface area contributed by atoms with Gasteiger partial charge in [-0.3, -0.25) is 9.69 Å². The van der Waals surface area contributed by atoms with Gasteiger partial charge in [0.05, 0.1) is 17.1 Å². The number of nitrogens with zero attached hydrogens (tertiary/aromatic N) is 5. The molecule has 2 aromatic carbocycles. The van der Waals surface area contributed by atoms with Gasteiger partial charge in [-0.15, -0.1) is 0 Å². The first-order valence-electron chi connectivity index (χ1n) is 9.25. The first-order chi connectivity index (χ1) is 13.6. The maximum Gasteiger partial charge on any atom is 0.251 e. The molecule has 1 saturated heterocycles. The Labute approximate surface area is 162 Å². The average Bonchev–Trinajstić information content (AvgIpc) is 3.14. The molecular weight excluding hydrogens is 354 g/mol. The zero-order valence-corrected chi connectivity index (χ0v) is 15.5. The number of H-pyrrole nitrogens is 1. The molecule has 2 N–H and O–H groups in total. The maximum atomic E-state index is 12.6. The van der Waals surface area contributed by atoms with Crippen LogP contribution in [-0.2, 0) is 0 Å². The monoisotopic (exact) mass is 375 g/mol. The highest BCUT2D eigenvalue weighted by Gasteiger charge is 2.30. The van der Waals surface area contributed by atoms with Crippen molar-refractivity contribution in [2.75, 3.05) is 13.6 Å². The van der Waals surface area contributed by atoms with Crippen LogP contribution in [0.1, 0.15) is 35.1 Å². The normalized spacial score (nSPS) is 19.9. The van der Waals surface area contributed by atoms with Crippen LogP contribution in [0.25, 0.3) is 21.5 Å². The predicted octanol–water partition coefficient (Wildman–Crippen LogP) is 4.07. The number of carbonyl (C=O) groups is 1. The number of hydrogen-bond donors (Lipinski definition) is 2. The van der Waals surface area contributed by atoms with Crippen molar-refractivity contribution in [2.45, 2.75) is 24.9 Å². The molecule has 8 nitrogen and oxygen atoms in total. The van der Waals surface area contributed by atoms with Crippen molar-refractivity contribution in [1.82, 2.24) is 20.2 Å². The Morgan fingerprint density at radius 3 is 2.82 bits per heavy atom. The van der Waals surface area contributed by atoms with E-state index < -0.39 is 0 Å². The number of fused-ring (bicyclic) bond motifs is 1. The smallest absolute Gasteiger partial charge is 0.251 e. The largest absolute Gasteiger partial charge is 0.349 e. The van der Waals surface area contributed by atoms with E-state index in [2.05, 4.69) is 32.3 Å². The molecule has 1 aromatic heterocycles. The molecule has 1 aliphatic rings. The van der Waals surface area contributed by atoms with Crippen molar-refractivity contribution in [3.05, 3.63) is 70.4 Å². The molecule has 0 saturated carbocycles. The summed E-state index contributed by atoms with van der Waals surface area (Å²) in [5.41, 5.74) is 11.5. The maximum absolute atomic E-state index is 12.6. The number of aromatic nitrogens is 2. The van der Waals surface area contributed by atoms with Crippen LogP contribution in [0.15, 0.2) is 53.6 Å². The molecule has 142 valence electrons. The second-order valence-corrected chi connectivity index (χ2v) is 7.07. The van der Waals surface area contributed by atoms with Crippen LogP contribution in [0.2, 0.25) is 0 Å². The highest BCUT2D eigenvalue weighted by atomic mass is 16.1. The molecule has 28 heavy (non-hydrogen) atoms. The van der Waals surface area contributed by atoms with Gasteiger partial charge in [0.15, 0.2) is 0 Å². The van der Waals surface area contributed by atoms with Crippen molar-refractivity contribution >= 4 is 22.6 Å². The number of nitrogens with one attached hydrogen (secondary N) is 2. The minimum absolute atomic E-state index is 0.0683. The number of amides is 1. The lowest BCUT2D eigenvalue weighted by Crippen LogP contribution is -2.45. The molecule has 0 spiro atoms. The van der Waals surface area contributed by atoms with E-state index in [0.717, 1.165) is 36.2 Å². The van der Waals surface area contributed by atoms with Crippen molar-refractivity contribution < 1.29 is 4.79 Å². The average molecular weight is 375 g/mol. The van der Waals surface area contributed by atoms with E-state index in [-0.39, 0.29) is 18.0 Å². The van der Waals surface area contributed by atoms with Crippen molar-refractivity contribution in [3.8, 4) is 0 Å². The van der Waals surface area contributed by atoms with E-state index in [1.54, 1.807) is 24.3 Å². The van der Waals surface area contributed by atoms with Gasteiger partial charge >= 0.3 is 0 Å². The molecule has 1 fully saturated rings. The number of imidazole rings is 1. The van der Waals surface area contributed by atoms with Gasteiger partial charge in [0, 0.05) is 28.7 Å². The lowest BCUT2D eigenvalue weighted by atomic mass is 9.96. The fraction of sp³-hybridized carbons (Fsp3) is 0.300. The van der Waals surface area contributed by atoms with Crippen LogP contribution < -0.4 is 5.32 Å². The summed E-state index contributed by atoms with van der Waals surface area (Å²) in [6, 6.07) is 14.8. The molecular formula is C20H21N7O. The lowest BCUT2D eigenvalue weighted by molar-refractivity contribution is 0.0884. The third-order valence-electron chi connectivity index (χ3n) is 5.22. The number of para-hydroxylation sites is 2. The molecule has 4 rings (SSSR count). The molecule has 2 unspecified atom stereocenters. The number of piperidine rings is 1. The van der Waals surface area contributed by atoms with E-state index in [1.165, 1.54) is 0 Å². The molecule has 0 bridgehead atoms. The number of rotatable bonds is 4. The van der Waals surface area contributed by atoms with Gasteiger partial charge in [-0.05, 0) is 49.7 Å². The fourth-order valence-corrected chi connectivity index (χ4v) is 3.66. The van der Waals surface area contributed by atoms with Gasteiger partial charge in [-0.1, -0.05) is 29.4 Å². The van der Waals surface area contributed by atoms with Crippen LogP contribution >= 0.6 is 0 Å². The minimum Gasteiger partial charge on any atom is -0.349 e. The van der Waals surface area contributed by atoms with Crippen molar-refractivity contribution in [3.63, 3.8) is 0 Å². The standard InChI is InChI=1S/C20H21N7O/c1-27-11-10-15(22-20(28)13-6-8-14(9-7-13)25-26-21)12-18(27)19-23-16-4-2-3-5-17(16)24-19/h2-9,15,18H,10-12H2,1H3,(H,22,28)(H,23,24). The number of aromatic amines is 1. The first-order valence-corrected chi connectivity index (χ1v) is 9.25. The number of carbonyl (C=O) groups excluding carboxylic acids is 1. The summed E-state index contributed by atoms with van der Waals surface area (Å²) in [5.74, 6) is 0.812. The van der Waals surface area contributed by atoms with E-state index in [1.807, 2.05) is 24.3 Å². The SMILES string of the molecule is CN1CCC(NC(=O)c2ccc(N=[N+]=[N-])cc2)CC1c1nc2ccccc2[nH]1. The molecule has 3 aromatic rings. The summed E-state index contributed by atoms with van der Waals surface area (Å²) in [6.45, 7) is 0.877. The number of likely N-dealkylation sites (tertiary alicyclic amines) is 1. The third kappa shape index (κ3) is 3.69. The Morgan fingerprint density at radius 2 is 2.07 bits per heavy atom. The van der Waals surface area contributed by atoms with Gasteiger partial charge in [0.1, 0.15) is 5.82 Å². The van der Waals surface area contributed by atoms with Gasteiger partial charge in [-0.25, -0.2) is 4.98 Å². The van der Waals surface area contributed by atoms with Gasteiger partial charge in [0.25, 0.3) is 5.91 Å². The Balaban J connectivity index is 1.46. The second-order valence-electron chi connectivity index (χ2n) is 7.07. The molecule has 8 heteroatoms. The van der Waals surface area contributed by atoms with Gasteiger partial charge in [0.2, 0.25) is 0 Å². The lowest BCUT2D eigenvalue weighted by Gasteiger charge is -2.36. The number of azide groups is 1. The zero-order valence-electron chi connectivity index (χ0n) is 15.5. The van der Waals surface area contributed by atoms with E-state index in [0.29, 0.717) is 11.3 Å². The second kappa shape index (κ2) is 7.72. The van der Waals surface area contributed by atoms with Crippen molar-refractivity contribution in [1.29, 1.82) is 0 Å². The quantitative estimate of drug-likeness (QED) is 0.407. The molecule has 2 heterocycles. The molecule has 1 amide bonds. The highest BCUT2D eigenvalue weighted by Crippen LogP contribution is 2.29. The molecule has 1 aliphatic heterocycles. The summed E-state index contributed by atoms with van der Waals surface area (Å²) < 4.78 is 0. The molecule has 0 radical (unpaired) electrons. The summed E-state index contributed by atoms with van der Waals surface area (Å²) in [5, 5.41) is 6.66. The summed E-state index contributed by atoms with van der Waals surface area (Å²) in [6.07, 6.45) is 1.68. The van der Waals surface area contributed by atoms with E-state index in [9.17, 15) is 4.79 Å². The van der Waals surface area contributed by atoms with Crippen LogP contribution in [0.3, 0.4) is 0 Å². The summed E-state index contributed by atoms with van der Waals surface area (Å²) >= 11 is 0. The van der Waals surface area contributed by atoms with Crippen LogP contribution in [0.5, 0.6) is 0 Å². The first kappa shape index (κ1) is 18.0. The highest BCUT2D eigenvalue weighted by molar-refractivity contribution is 5.94. The van der Waals surface area contributed by atoms with Crippen molar-refractivity contribution in [2.24, 2.45) is 5.11 Å². The zero-order chi connectivity index (χ0) is 19.5.